The Morgan fingerprint density at radius 3 is 0.636 bits per heavy atom. The monoisotopic (exact) mass is 472 g/mol. The van der Waals surface area contributed by atoms with Crippen LogP contribution in [0.5, 0.6) is 0 Å². The quantitative estimate of drug-likeness (QED) is 0.237. The fourth-order valence-electron chi connectivity index (χ4n) is 0.800. The van der Waals surface area contributed by atoms with Gasteiger partial charge in [0.2, 0.25) is 0 Å². The van der Waals surface area contributed by atoms with E-state index < -0.39 is 0 Å². The van der Waals surface area contributed by atoms with Gasteiger partial charge in [-0.3, -0.25) is 0 Å². The molecule has 22 heavy (non-hydrogen) atoms. The van der Waals surface area contributed by atoms with Crippen LogP contribution in [0, 0.1) is 13.3 Å². The molecule has 0 saturated carbocycles. The average molecular weight is 472 g/mol. The van der Waals surface area contributed by atoms with Crippen molar-refractivity contribution in [3.63, 3.8) is 0 Å². The summed E-state index contributed by atoms with van der Waals surface area (Å²) >= 11 is 0. The van der Waals surface area contributed by atoms with Gasteiger partial charge in [0.15, 0.2) is 0 Å². The summed E-state index contributed by atoms with van der Waals surface area (Å²) < 4.78 is 15.0. The molecular formula is C14H32NaNbO2P4. The van der Waals surface area contributed by atoms with Gasteiger partial charge in [0, 0.05) is 51.9 Å². The molecular weight excluding hydrogens is 440 g/mol. The maximum Gasteiger partial charge on any atom is 0 e. The van der Waals surface area contributed by atoms with Crippen molar-refractivity contribution in [2.24, 2.45) is 0 Å². The summed E-state index contributed by atoms with van der Waals surface area (Å²) in [6.07, 6.45) is 5.92. The molecule has 0 heterocycles. The molecule has 0 atom stereocenters. The Labute approximate surface area is 182 Å². The van der Waals surface area contributed by atoms with Crippen molar-refractivity contribution in [2.75, 3.05) is 78.0 Å². The fraction of sp³-hybridized carbons (Fsp3) is 0.857. The maximum absolute atomic E-state index is 7.50. The summed E-state index contributed by atoms with van der Waals surface area (Å²) in [5.74, 6) is 0. The molecule has 0 aliphatic carbocycles. The van der Waals surface area contributed by atoms with Gasteiger partial charge >= 0.3 is 22.6 Å². The van der Waals surface area contributed by atoms with Gasteiger partial charge in [0.05, 0.1) is 0 Å². The summed E-state index contributed by atoms with van der Waals surface area (Å²) in [4.78, 5) is 0. The Kier molecular flexibility index (Phi) is 63.6. The third kappa shape index (κ3) is 65.9. The Bertz CT molecular complexity index is 176. The molecule has 0 aromatic heterocycles. The van der Waals surface area contributed by atoms with E-state index in [-0.39, 0.29) is 51.9 Å². The van der Waals surface area contributed by atoms with E-state index in [1.165, 1.54) is 24.6 Å². The molecule has 0 aromatic rings. The first-order valence-corrected chi connectivity index (χ1v) is 15.9. The van der Waals surface area contributed by atoms with Crippen LogP contribution in [0.4, 0.5) is 0 Å². The van der Waals surface area contributed by atoms with E-state index in [0.29, 0.717) is 31.7 Å². The third-order valence-corrected chi connectivity index (χ3v) is 7.17. The maximum atomic E-state index is 7.50. The normalized spacial score (nSPS) is 8.36. The minimum atomic E-state index is 0. The number of hydrogen-bond donors (Lipinski definition) is 0. The molecule has 0 aromatic carbocycles. The fourth-order valence-corrected chi connectivity index (χ4v) is 7.20. The van der Waals surface area contributed by atoms with Crippen LogP contribution in [-0.2, 0) is 31.7 Å². The van der Waals surface area contributed by atoms with Crippen LogP contribution in [-0.4, -0.2) is 108 Å². The largest absolute Gasteiger partial charge is 0 e. The molecule has 2 nitrogen and oxygen atoms in total. The zero-order chi connectivity index (χ0) is 17.1. The van der Waals surface area contributed by atoms with E-state index in [9.17, 15) is 0 Å². The molecule has 2 radical (unpaired) electrons. The van der Waals surface area contributed by atoms with E-state index in [1.54, 1.807) is 0 Å². The van der Waals surface area contributed by atoms with E-state index >= 15 is 0 Å². The summed E-state index contributed by atoms with van der Waals surface area (Å²) in [6.45, 7) is 27.8. The molecule has 0 aliphatic heterocycles. The molecule has 0 rings (SSSR count). The van der Waals surface area contributed by atoms with Gasteiger partial charge in [-0.05, 0) is 78.0 Å². The van der Waals surface area contributed by atoms with E-state index in [0.717, 1.165) is 0 Å². The molecule has 8 heteroatoms. The van der Waals surface area contributed by atoms with Gasteiger partial charge in [-0.1, -0.05) is 0 Å². The van der Waals surface area contributed by atoms with Crippen molar-refractivity contribution < 1.29 is 31.7 Å². The zero-order valence-electron chi connectivity index (χ0n) is 15.9. The first kappa shape index (κ1) is 39.8. The molecule has 126 valence electrons. The smallest absolute Gasteiger partial charge is 0 e. The van der Waals surface area contributed by atoms with E-state index in [4.69, 9.17) is 9.30 Å². The second-order valence-electron chi connectivity index (χ2n) is 5.21. The van der Waals surface area contributed by atoms with Gasteiger partial charge in [0.1, 0.15) is 0 Å². The summed E-state index contributed by atoms with van der Waals surface area (Å²) in [5.41, 5.74) is 0. The molecule has 0 saturated heterocycles. The van der Waals surface area contributed by atoms with Crippen molar-refractivity contribution >= 4 is 61.2 Å². The predicted octanol–water partition coefficient (Wildman–Crippen LogP) is 4.48. The van der Waals surface area contributed by atoms with Crippen LogP contribution >= 0.6 is 31.7 Å². The van der Waals surface area contributed by atoms with Gasteiger partial charge in [-0.25, -0.2) is 0 Å². The summed E-state index contributed by atoms with van der Waals surface area (Å²) in [7, 11) is 1.53. The molecule has 0 amide bonds. The number of hydrogen-bond acceptors (Lipinski definition) is 0. The molecule has 0 unspecified atom stereocenters. The minimum Gasteiger partial charge on any atom is 0 e. The van der Waals surface area contributed by atoms with Crippen molar-refractivity contribution in [1.82, 2.24) is 0 Å². The third-order valence-electron chi connectivity index (χ3n) is 1.99. The first-order valence-electron chi connectivity index (χ1n) is 6.25. The topological polar surface area (TPSA) is 39.8 Å². The second kappa shape index (κ2) is 35.1. The van der Waals surface area contributed by atoms with E-state index in [2.05, 4.69) is 66.6 Å². The van der Waals surface area contributed by atoms with Crippen molar-refractivity contribution in [3.05, 3.63) is 13.3 Å². The second-order valence-corrected chi connectivity index (χ2v) is 15.6. The standard InChI is InChI=1S/2C6H16P2.2CO.Na.Nb/c2*1-7(2)5-6-8(3)4;2*1-2;;/h2*5-6H2,1-4H3;;;;. The molecule has 0 aliphatic rings. The van der Waals surface area contributed by atoms with Crippen LogP contribution in [0.1, 0.15) is 0 Å². The molecule has 0 N–H and O–H groups in total. The van der Waals surface area contributed by atoms with Crippen molar-refractivity contribution in [2.45, 2.75) is 0 Å². The van der Waals surface area contributed by atoms with Gasteiger partial charge < -0.3 is 0 Å². The Balaban J connectivity index is -0.0000000440. The van der Waals surface area contributed by atoms with Gasteiger partial charge in [-0.15, -0.1) is 31.7 Å². The van der Waals surface area contributed by atoms with Crippen molar-refractivity contribution in [3.8, 4) is 0 Å². The number of rotatable bonds is 6. The van der Waals surface area contributed by atoms with Crippen LogP contribution in [0.15, 0.2) is 0 Å². The van der Waals surface area contributed by atoms with Gasteiger partial charge in [-0.2, -0.15) is 0 Å². The Morgan fingerprint density at radius 1 is 0.500 bits per heavy atom. The summed E-state index contributed by atoms with van der Waals surface area (Å²) in [6, 6.07) is 0. The molecule has 0 fully saturated rings. The average Bonchev–Trinajstić information content (AvgIpc) is 2.39. The van der Waals surface area contributed by atoms with Crippen LogP contribution in [0.25, 0.3) is 0 Å². The van der Waals surface area contributed by atoms with Crippen LogP contribution in [0.3, 0.4) is 0 Å². The first-order chi connectivity index (χ1) is 9.25. The SMILES string of the molecule is CP(C)CCP(C)C.CP(C)CCP(C)C.[C-]#[O+].[C-]#[O+].[Na].[Nb]. The van der Waals surface area contributed by atoms with Gasteiger partial charge in [0.25, 0.3) is 0 Å². The minimum absolute atomic E-state index is 0. The Morgan fingerprint density at radius 2 is 0.591 bits per heavy atom. The zero-order valence-corrected chi connectivity index (χ0v) is 23.7. The molecule has 0 spiro atoms. The van der Waals surface area contributed by atoms with E-state index in [1.807, 2.05) is 0 Å². The van der Waals surface area contributed by atoms with Crippen molar-refractivity contribution in [1.29, 1.82) is 0 Å². The van der Waals surface area contributed by atoms with Crippen LogP contribution < -0.4 is 0 Å². The Hall–Kier alpha value is 2.94. The van der Waals surface area contributed by atoms with Crippen LogP contribution in [0.2, 0.25) is 0 Å². The predicted molar refractivity (Wildman–Crippen MR) is 108 cm³/mol. The summed E-state index contributed by atoms with van der Waals surface area (Å²) in [5, 5.41) is 0. The molecule has 0 bridgehead atoms.